The number of anilines is 1. The van der Waals surface area contributed by atoms with Gasteiger partial charge in [0.1, 0.15) is 11.0 Å². The number of hydrogen-bond donors (Lipinski definition) is 1. The van der Waals surface area contributed by atoms with Gasteiger partial charge in [-0.05, 0) is 70.1 Å². The summed E-state index contributed by atoms with van der Waals surface area (Å²) >= 11 is 1.41. The number of amides is 1. The Bertz CT molecular complexity index is 1120. The SMILES string of the molecule is CCOC(=O)c1c(NC(=O)[C@H]2CCCN2S(=O)(=O)c2ccc(C)cc2)sc2c1CCCC2. The molecule has 1 amide bonds. The number of thiophene rings is 1. The van der Waals surface area contributed by atoms with E-state index >= 15 is 0 Å². The van der Waals surface area contributed by atoms with Crippen LogP contribution in [0.25, 0.3) is 0 Å². The molecule has 0 spiro atoms. The first-order valence-electron chi connectivity index (χ1n) is 11.0. The van der Waals surface area contributed by atoms with Gasteiger partial charge in [0.2, 0.25) is 15.9 Å². The molecule has 7 nitrogen and oxygen atoms in total. The van der Waals surface area contributed by atoms with E-state index in [2.05, 4.69) is 5.32 Å². The van der Waals surface area contributed by atoms with Crippen LogP contribution in [0.5, 0.6) is 0 Å². The zero-order chi connectivity index (χ0) is 22.9. The molecule has 2 heterocycles. The molecule has 2 aromatic rings. The van der Waals surface area contributed by atoms with Crippen molar-refractivity contribution in [2.75, 3.05) is 18.5 Å². The van der Waals surface area contributed by atoms with Crippen molar-refractivity contribution in [1.29, 1.82) is 0 Å². The summed E-state index contributed by atoms with van der Waals surface area (Å²) in [7, 11) is -3.80. The first kappa shape index (κ1) is 22.9. The predicted molar refractivity (Wildman–Crippen MR) is 124 cm³/mol. The minimum absolute atomic E-state index is 0.182. The molecule has 0 bridgehead atoms. The van der Waals surface area contributed by atoms with Crippen molar-refractivity contribution in [1.82, 2.24) is 4.31 Å². The first-order chi connectivity index (χ1) is 15.3. The fraction of sp³-hybridized carbons (Fsp3) is 0.478. The van der Waals surface area contributed by atoms with Gasteiger partial charge in [0.15, 0.2) is 0 Å². The molecule has 1 aromatic heterocycles. The van der Waals surface area contributed by atoms with Crippen LogP contribution in [0, 0.1) is 6.92 Å². The largest absolute Gasteiger partial charge is 0.462 e. The van der Waals surface area contributed by atoms with Gasteiger partial charge in [0.25, 0.3) is 0 Å². The maximum Gasteiger partial charge on any atom is 0.341 e. The number of rotatable bonds is 6. The van der Waals surface area contributed by atoms with E-state index in [-0.39, 0.29) is 11.5 Å². The van der Waals surface area contributed by atoms with Crippen molar-refractivity contribution in [2.45, 2.75) is 63.3 Å². The highest BCUT2D eigenvalue weighted by Gasteiger charge is 2.40. The lowest BCUT2D eigenvalue weighted by molar-refractivity contribution is -0.119. The second-order valence-corrected chi connectivity index (χ2v) is 11.2. The molecule has 172 valence electrons. The zero-order valence-electron chi connectivity index (χ0n) is 18.3. The van der Waals surface area contributed by atoms with Crippen molar-refractivity contribution < 1.29 is 22.7 Å². The van der Waals surface area contributed by atoms with Gasteiger partial charge in [-0.25, -0.2) is 13.2 Å². The molecule has 1 saturated heterocycles. The van der Waals surface area contributed by atoms with Gasteiger partial charge in [-0.3, -0.25) is 4.79 Å². The van der Waals surface area contributed by atoms with Crippen LogP contribution >= 0.6 is 11.3 Å². The maximum absolute atomic E-state index is 13.2. The van der Waals surface area contributed by atoms with Gasteiger partial charge in [0, 0.05) is 11.4 Å². The minimum Gasteiger partial charge on any atom is -0.462 e. The van der Waals surface area contributed by atoms with Crippen LogP contribution in [0.2, 0.25) is 0 Å². The summed E-state index contributed by atoms with van der Waals surface area (Å²) in [6, 6.07) is 5.84. The average Bonchev–Trinajstić information content (AvgIpc) is 3.39. The average molecular weight is 477 g/mol. The molecule has 0 saturated carbocycles. The van der Waals surface area contributed by atoms with Gasteiger partial charge in [0.05, 0.1) is 17.1 Å². The number of ether oxygens (including phenoxy) is 1. The second kappa shape index (κ2) is 9.33. The third-order valence-corrected chi connectivity index (χ3v) is 9.15. The second-order valence-electron chi connectivity index (χ2n) is 8.21. The highest BCUT2D eigenvalue weighted by atomic mass is 32.2. The molecular formula is C23H28N2O5S2. The summed E-state index contributed by atoms with van der Waals surface area (Å²) in [5, 5.41) is 3.36. The predicted octanol–water partition coefficient (Wildman–Crippen LogP) is 3.90. The number of carbonyl (C=O) groups excluding carboxylic acids is 2. The van der Waals surface area contributed by atoms with Crippen LogP contribution in [0.3, 0.4) is 0 Å². The molecule has 1 fully saturated rings. The number of aryl methyl sites for hydroxylation is 2. The van der Waals surface area contributed by atoms with E-state index < -0.39 is 27.9 Å². The van der Waals surface area contributed by atoms with E-state index in [1.807, 2.05) is 6.92 Å². The Morgan fingerprint density at radius 3 is 2.59 bits per heavy atom. The highest BCUT2D eigenvalue weighted by molar-refractivity contribution is 7.89. The van der Waals surface area contributed by atoms with Crippen molar-refractivity contribution in [2.24, 2.45) is 0 Å². The molecule has 0 radical (unpaired) electrons. The number of nitrogens with zero attached hydrogens (tertiary/aromatic N) is 1. The molecule has 9 heteroatoms. The van der Waals surface area contributed by atoms with E-state index in [9.17, 15) is 18.0 Å². The van der Waals surface area contributed by atoms with Crippen LogP contribution in [0.15, 0.2) is 29.2 Å². The van der Waals surface area contributed by atoms with Crippen molar-refractivity contribution in [3.8, 4) is 0 Å². The Labute approximate surface area is 192 Å². The first-order valence-corrected chi connectivity index (χ1v) is 13.3. The number of benzene rings is 1. The Kier molecular flexibility index (Phi) is 6.69. The lowest BCUT2D eigenvalue weighted by atomic mass is 9.95. The van der Waals surface area contributed by atoms with E-state index in [1.54, 1.807) is 31.2 Å². The lowest BCUT2D eigenvalue weighted by Gasteiger charge is -2.23. The van der Waals surface area contributed by atoms with Gasteiger partial charge in [-0.1, -0.05) is 17.7 Å². The summed E-state index contributed by atoms with van der Waals surface area (Å²) in [4.78, 5) is 27.2. The summed E-state index contributed by atoms with van der Waals surface area (Å²) in [5.41, 5.74) is 2.37. The van der Waals surface area contributed by atoms with E-state index in [0.29, 0.717) is 30.0 Å². The Hall–Kier alpha value is -2.23. The molecular weight excluding hydrogens is 448 g/mol. The number of nitrogens with one attached hydrogen (secondary N) is 1. The number of carbonyl (C=O) groups is 2. The number of fused-ring (bicyclic) bond motifs is 1. The fourth-order valence-corrected chi connectivity index (χ4v) is 7.34. The Balaban J connectivity index is 1.60. The van der Waals surface area contributed by atoms with E-state index in [1.165, 1.54) is 15.6 Å². The molecule has 1 aliphatic carbocycles. The van der Waals surface area contributed by atoms with Crippen LogP contribution < -0.4 is 5.32 Å². The molecule has 1 atom stereocenters. The van der Waals surface area contributed by atoms with Crippen LogP contribution in [-0.4, -0.2) is 43.8 Å². The summed E-state index contributed by atoms with van der Waals surface area (Å²) in [6.07, 6.45) is 4.75. The highest BCUT2D eigenvalue weighted by Crippen LogP contribution is 2.39. The molecule has 2 aliphatic rings. The van der Waals surface area contributed by atoms with Crippen molar-refractivity contribution in [3.05, 3.63) is 45.8 Å². The number of sulfonamides is 1. The molecule has 1 N–H and O–H groups in total. The van der Waals surface area contributed by atoms with Crippen LogP contribution in [0.4, 0.5) is 5.00 Å². The smallest absolute Gasteiger partial charge is 0.341 e. The van der Waals surface area contributed by atoms with E-state index in [4.69, 9.17) is 4.74 Å². The van der Waals surface area contributed by atoms with Gasteiger partial charge in [-0.2, -0.15) is 4.31 Å². The standard InChI is InChI=1S/C23H28N2O5S2/c1-3-30-23(27)20-17-7-4-5-9-19(17)31-22(20)24-21(26)18-8-6-14-25(18)32(28,29)16-12-10-15(2)11-13-16/h10-13,18H,3-9,14H2,1-2H3,(H,24,26)/t18-/m1/s1. The third kappa shape index (κ3) is 4.33. The fourth-order valence-electron chi connectivity index (χ4n) is 4.40. The minimum atomic E-state index is -3.80. The van der Waals surface area contributed by atoms with Crippen LogP contribution in [0.1, 0.15) is 59.0 Å². The monoisotopic (exact) mass is 476 g/mol. The van der Waals surface area contributed by atoms with E-state index in [0.717, 1.165) is 41.7 Å². The zero-order valence-corrected chi connectivity index (χ0v) is 20.0. The quantitative estimate of drug-likeness (QED) is 0.638. The van der Waals surface area contributed by atoms with Crippen molar-refractivity contribution in [3.63, 3.8) is 0 Å². The molecule has 32 heavy (non-hydrogen) atoms. The number of esters is 1. The summed E-state index contributed by atoms with van der Waals surface area (Å²) in [6.45, 7) is 4.19. The normalized spacial score (nSPS) is 18.9. The summed E-state index contributed by atoms with van der Waals surface area (Å²) in [5.74, 6) is -0.833. The summed E-state index contributed by atoms with van der Waals surface area (Å²) < 4.78 is 32.9. The Morgan fingerprint density at radius 1 is 1.16 bits per heavy atom. The molecule has 1 aromatic carbocycles. The molecule has 4 rings (SSSR count). The van der Waals surface area contributed by atoms with Gasteiger partial charge in [-0.15, -0.1) is 11.3 Å². The topological polar surface area (TPSA) is 92.8 Å². The molecule has 1 aliphatic heterocycles. The van der Waals surface area contributed by atoms with Gasteiger partial charge < -0.3 is 10.1 Å². The van der Waals surface area contributed by atoms with Crippen LogP contribution in [-0.2, 0) is 32.4 Å². The Morgan fingerprint density at radius 2 is 1.88 bits per heavy atom. The maximum atomic E-state index is 13.2. The number of hydrogen-bond acceptors (Lipinski definition) is 6. The van der Waals surface area contributed by atoms with Gasteiger partial charge >= 0.3 is 5.97 Å². The third-order valence-electron chi connectivity index (χ3n) is 6.02. The molecule has 0 unspecified atom stereocenters. The lowest BCUT2D eigenvalue weighted by Crippen LogP contribution is -2.43. The van der Waals surface area contributed by atoms with Crippen molar-refractivity contribution >= 4 is 38.2 Å².